The SMILES string of the molecule is CC1(CNS(=O)(=O)c2ccc([N+](=O)[O-])nc2)CCCNC1. The van der Waals surface area contributed by atoms with Gasteiger partial charge in [-0.05, 0) is 40.8 Å². The second kappa shape index (κ2) is 6.04. The zero-order valence-electron chi connectivity index (χ0n) is 11.7. The van der Waals surface area contributed by atoms with Crippen molar-refractivity contribution in [2.45, 2.75) is 24.7 Å². The van der Waals surface area contributed by atoms with Gasteiger partial charge in [0.25, 0.3) is 0 Å². The molecule has 0 saturated carbocycles. The van der Waals surface area contributed by atoms with Crippen molar-refractivity contribution < 1.29 is 13.3 Å². The maximum absolute atomic E-state index is 12.2. The van der Waals surface area contributed by atoms with Gasteiger partial charge in [0, 0.05) is 19.2 Å². The van der Waals surface area contributed by atoms with E-state index in [1.54, 1.807) is 0 Å². The summed E-state index contributed by atoms with van der Waals surface area (Å²) >= 11 is 0. The van der Waals surface area contributed by atoms with Crippen LogP contribution in [0.5, 0.6) is 0 Å². The van der Waals surface area contributed by atoms with Gasteiger partial charge in [0.2, 0.25) is 10.0 Å². The molecule has 8 nitrogen and oxygen atoms in total. The first-order valence-electron chi connectivity index (χ1n) is 6.63. The van der Waals surface area contributed by atoms with Gasteiger partial charge < -0.3 is 15.4 Å². The molecule has 0 aromatic carbocycles. The summed E-state index contributed by atoms with van der Waals surface area (Å²) < 4.78 is 26.9. The first-order valence-corrected chi connectivity index (χ1v) is 8.12. The second-order valence-corrected chi connectivity index (χ2v) is 7.29. The topological polar surface area (TPSA) is 114 Å². The number of nitrogens with zero attached hydrogens (tertiary/aromatic N) is 2. The summed E-state index contributed by atoms with van der Waals surface area (Å²) in [5.41, 5.74) is -0.125. The first-order chi connectivity index (χ1) is 9.82. The van der Waals surface area contributed by atoms with E-state index in [-0.39, 0.29) is 16.1 Å². The van der Waals surface area contributed by atoms with Crippen LogP contribution in [0.1, 0.15) is 19.8 Å². The highest BCUT2D eigenvalue weighted by molar-refractivity contribution is 7.89. The Morgan fingerprint density at radius 2 is 2.29 bits per heavy atom. The first kappa shape index (κ1) is 15.8. The van der Waals surface area contributed by atoms with Gasteiger partial charge in [-0.2, -0.15) is 0 Å². The summed E-state index contributed by atoms with van der Waals surface area (Å²) in [7, 11) is -3.70. The maximum atomic E-state index is 12.2. The molecule has 0 aliphatic carbocycles. The molecule has 1 atom stereocenters. The van der Waals surface area contributed by atoms with E-state index >= 15 is 0 Å². The molecule has 0 spiro atoms. The fourth-order valence-corrected chi connectivity index (χ4v) is 3.41. The lowest BCUT2D eigenvalue weighted by molar-refractivity contribution is -0.389. The monoisotopic (exact) mass is 314 g/mol. The summed E-state index contributed by atoms with van der Waals surface area (Å²) in [6.07, 6.45) is 2.96. The van der Waals surface area contributed by atoms with Crippen molar-refractivity contribution in [1.29, 1.82) is 0 Å². The largest absolute Gasteiger partial charge is 0.363 e. The zero-order chi connectivity index (χ0) is 15.5. The predicted octanol–water partition coefficient (Wildman–Crippen LogP) is 0.658. The summed E-state index contributed by atoms with van der Waals surface area (Å²) in [6, 6.07) is 2.27. The highest BCUT2D eigenvalue weighted by atomic mass is 32.2. The molecule has 1 unspecified atom stereocenters. The van der Waals surface area contributed by atoms with E-state index in [2.05, 4.69) is 15.0 Å². The van der Waals surface area contributed by atoms with Crippen molar-refractivity contribution in [3.05, 3.63) is 28.4 Å². The number of sulfonamides is 1. The van der Waals surface area contributed by atoms with Crippen molar-refractivity contribution in [2.75, 3.05) is 19.6 Å². The van der Waals surface area contributed by atoms with Crippen LogP contribution in [0.3, 0.4) is 0 Å². The number of rotatable bonds is 5. The molecule has 2 rings (SSSR count). The number of hydrogen-bond acceptors (Lipinski definition) is 6. The molecule has 0 amide bonds. The molecule has 1 aliphatic rings. The molecular formula is C12H18N4O4S. The Morgan fingerprint density at radius 1 is 1.52 bits per heavy atom. The molecule has 116 valence electrons. The van der Waals surface area contributed by atoms with Crippen molar-refractivity contribution in [1.82, 2.24) is 15.0 Å². The Balaban J connectivity index is 2.05. The standard InChI is InChI=1S/C12H18N4O4S/c1-12(5-2-6-13-8-12)9-15-21(19,20)10-3-4-11(14-7-10)16(17)18/h3-4,7,13,15H,2,5-6,8-9H2,1H3. The van der Waals surface area contributed by atoms with E-state index in [0.29, 0.717) is 6.54 Å². The van der Waals surface area contributed by atoms with Crippen LogP contribution < -0.4 is 10.0 Å². The van der Waals surface area contributed by atoms with Crippen molar-refractivity contribution in [2.24, 2.45) is 5.41 Å². The fraction of sp³-hybridized carbons (Fsp3) is 0.583. The van der Waals surface area contributed by atoms with Gasteiger partial charge in [-0.25, -0.2) is 13.1 Å². The van der Waals surface area contributed by atoms with E-state index in [1.807, 2.05) is 6.92 Å². The number of piperidine rings is 1. The molecule has 1 aromatic rings. The number of hydrogen-bond donors (Lipinski definition) is 2. The number of nitrogens with one attached hydrogen (secondary N) is 2. The molecule has 9 heteroatoms. The van der Waals surface area contributed by atoms with Gasteiger partial charge in [-0.3, -0.25) is 0 Å². The lowest BCUT2D eigenvalue weighted by atomic mass is 9.83. The van der Waals surface area contributed by atoms with Crippen LogP contribution in [-0.2, 0) is 10.0 Å². The molecule has 1 saturated heterocycles. The van der Waals surface area contributed by atoms with Crippen molar-refractivity contribution in [3.8, 4) is 0 Å². The van der Waals surface area contributed by atoms with Gasteiger partial charge in [0.15, 0.2) is 6.20 Å². The normalized spacial score (nSPS) is 22.9. The van der Waals surface area contributed by atoms with Crippen LogP contribution >= 0.6 is 0 Å². The Morgan fingerprint density at radius 3 is 2.81 bits per heavy atom. The fourth-order valence-electron chi connectivity index (χ4n) is 2.26. The molecule has 2 N–H and O–H groups in total. The Bertz CT molecular complexity index is 609. The number of nitro groups is 1. The molecule has 0 bridgehead atoms. The molecule has 21 heavy (non-hydrogen) atoms. The van der Waals surface area contributed by atoms with Crippen LogP contribution in [-0.4, -0.2) is 38.0 Å². The van der Waals surface area contributed by atoms with Gasteiger partial charge in [-0.15, -0.1) is 0 Å². The molecule has 1 aromatic heterocycles. The van der Waals surface area contributed by atoms with Crippen LogP contribution in [0.25, 0.3) is 0 Å². The minimum Gasteiger partial charge on any atom is -0.358 e. The Labute approximate surface area is 123 Å². The average molecular weight is 314 g/mol. The molecule has 1 aliphatic heterocycles. The van der Waals surface area contributed by atoms with Crippen LogP contribution in [0.4, 0.5) is 5.82 Å². The third kappa shape index (κ3) is 3.96. The number of pyridine rings is 1. The summed E-state index contributed by atoms with van der Waals surface area (Å²) in [5.74, 6) is -0.377. The summed E-state index contributed by atoms with van der Waals surface area (Å²) in [4.78, 5) is 13.3. The van der Waals surface area contributed by atoms with Gasteiger partial charge in [0.1, 0.15) is 4.90 Å². The highest BCUT2D eigenvalue weighted by Crippen LogP contribution is 2.25. The van der Waals surface area contributed by atoms with Crippen molar-refractivity contribution >= 4 is 15.8 Å². The van der Waals surface area contributed by atoms with Crippen molar-refractivity contribution in [3.63, 3.8) is 0 Å². The smallest absolute Gasteiger partial charge is 0.358 e. The summed E-state index contributed by atoms with van der Waals surface area (Å²) in [6.45, 7) is 4.05. The average Bonchev–Trinajstić information content (AvgIpc) is 2.46. The third-order valence-electron chi connectivity index (χ3n) is 3.59. The van der Waals surface area contributed by atoms with Gasteiger partial charge >= 0.3 is 5.82 Å². The minimum absolute atomic E-state index is 0.0690. The van der Waals surface area contributed by atoms with Crippen LogP contribution in [0.15, 0.2) is 23.2 Å². The molecule has 2 heterocycles. The van der Waals surface area contributed by atoms with Crippen LogP contribution in [0, 0.1) is 15.5 Å². The van der Waals surface area contributed by atoms with E-state index in [1.165, 1.54) is 6.07 Å². The van der Waals surface area contributed by atoms with E-state index in [9.17, 15) is 18.5 Å². The molecule has 1 fully saturated rings. The van der Waals surface area contributed by atoms with E-state index in [4.69, 9.17) is 0 Å². The maximum Gasteiger partial charge on any atom is 0.363 e. The highest BCUT2D eigenvalue weighted by Gasteiger charge is 2.29. The summed E-state index contributed by atoms with van der Waals surface area (Å²) in [5, 5.41) is 13.8. The minimum atomic E-state index is -3.70. The Hall–Kier alpha value is -1.58. The predicted molar refractivity (Wildman–Crippen MR) is 76.3 cm³/mol. The molecular weight excluding hydrogens is 296 g/mol. The van der Waals surface area contributed by atoms with Crippen LogP contribution in [0.2, 0.25) is 0 Å². The zero-order valence-corrected chi connectivity index (χ0v) is 12.5. The quantitative estimate of drug-likeness (QED) is 0.609. The van der Waals surface area contributed by atoms with Gasteiger partial charge in [-0.1, -0.05) is 6.92 Å². The lowest BCUT2D eigenvalue weighted by Gasteiger charge is -2.34. The van der Waals surface area contributed by atoms with Gasteiger partial charge in [0.05, 0.1) is 0 Å². The second-order valence-electron chi connectivity index (χ2n) is 5.52. The van der Waals surface area contributed by atoms with E-state index < -0.39 is 14.9 Å². The Kier molecular flexibility index (Phi) is 4.55. The van der Waals surface area contributed by atoms with E-state index in [0.717, 1.165) is 38.2 Å². The third-order valence-corrected chi connectivity index (χ3v) is 4.98. The lowest BCUT2D eigenvalue weighted by Crippen LogP contribution is -2.45. The number of aromatic nitrogens is 1. The molecule has 0 radical (unpaired) electrons.